The average molecular weight is 305 g/mol. The highest BCUT2D eigenvalue weighted by Crippen LogP contribution is 2.22. The minimum absolute atomic E-state index is 1.13. The van der Waals surface area contributed by atoms with Crippen molar-refractivity contribution in [3.8, 4) is 11.1 Å². The monoisotopic (exact) mass is 304 g/mol. The van der Waals surface area contributed by atoms with Crippen LogP contribution < -0.4 is 5.19 Å². The van der Waals surface area contributed by atoms with Gasteiger partial charge in [0.1, 0.15) is 0 Å². The molecule has 0 fully saturated rings. The summed E-state index contributed by atoms with van der Waals surface area (Å²) in [5.41, 5.74) is 2.70. The van der Waals surface area contributed by atoms with Crippen molar-refractivity contribution >= 4 is 29.2 Å². The maximum atomic E-state index is 3.48. The first-order valence-electron chi connectivity index (χ1n) is 5.84. The normalized spacial score (nSPS) is 11.5. The fourth-order valence-corrected chi connectivity index (χ4v) is 3.91. The molecule has 0 nitrogen and oxygen atoms in total. The van der Waals surface area contributed by atoms with Gasteiger partial charge in [-0.2, -0.15) is 0 Å². The van der Waals surface area contributed by atoms with Gasteiger partial charge in [0.15, 0.2) is 0 Å². The van der Waals surface area contributed by atoms with Crippen molar-refractivity contribution in [2.75, 3.05) is 0 Å². The van der Waals surface area contributed by atoms with Gasteiger partial charge in [0, 0.05) is 4.47 Å². The first-order valence-corrected chi connectivity index (χ1v) is 10.1. The third-order valence-corrected chi connectivity index (χ3v) is 5.47. The zero-order valence-corrected chi connectivity index (χ0v) is 13.1. The van der Waals surface area contributed by atoms with E-state index in [-0.39, 0.29) is 0 Å². The topological polar surface area (TPSA) is 0 Å². The minimum Gasteiger partial charge on any atom is -0.0656 e. The van der Waals surface area contributed by atoms with E-state index in [4.69, 9.17) is 0 Å². The van der Waals surface area contributed by atoms with Crippen LogP contribution in [0.1, 0.15) is 0 Å². The van der Waals surface area contributed by atoms with E-state index in [9.17, 15) is 0 Å². The van der Waals surface area contributed by atoms with Crippen LogP contribution in [-0.2, 0) is 0 Å². The predicted molar refractivity (Wildman–Crippen MR) is 82.6 cm³/mol. The van der Waals surface area contributed by atoms with Gasteiger partial charge in [-0.25, -0.2) is 0 Å². The van der Waals surface area contributed by atoms with E-state index < -0.39 is 8.07 Å². The van der Waals surface area contributed by atoms with Crippen molar-refractivity contribution in [3.05, 3.63) is 53.0 Å². The fraction of sp³-hybridized carbons (Fsp3) is 0.200. The van der Waals surface area contributed by atoms with E-state index in [1.54, 1.807) is 0 Å². The molecule has 2 aromatic carbocycles. The smallest absolute Gasteiger partial charge is 0.0656 e. The molecule has 0 saturated carbocycles. The molecule has 2 heteroatoms. The van der Waals surface area contributed by atoms with Gasteiger partial charge in [0.2, 0.25) is 0 Å². The summed E-state index contributed by atoms with van der Waals surface area (Å²) in [6.45, 7) is 7.18. The van der Waals surface area contributed by atoms with Crippen LogP contribution in [0.4, 0.5) is 0 Å². The molecule has 0 amide bonds. The van der Waals surface area contributed by atoms with E-state index in [2.05, 4.69) is 84.1 Å². The summed E-state index contributed by atoms with van der Waals surface area (Å²) in [7, 11) is -1.29. The molecule has 2 aromatic rings. The molecule has 0 bridgehead atoms. The molecule has 2 rings (SSSR count). The molecule has 0 saturated heterocycles. The van der Waals surface area contributed by atoms with Gasteiger partial charge in [-0.3, -0.25) is 0 Å². The number of hydrogen-bond donors (Lipinski definition) is 0. The lowest BCUT2D eigenvalue weighted by atomic mass is 10.1. The lowest BCUT2D eigenvalue weighted by Gasteiger charge is -2.21. The Balaban J connectivity index is 2.56. The molecule has 0 atom stereocenters. The molecular weight excluding hydrogens is 288 g/mol. The van der Waals surface area contributed by atoms with Crippen LogP contribution in [0.2, 0.25) is 19.6 Å². The van der Waals surface area contributed by atoms with Crippen molar-refractivity contribution < 1.29 is 0 Å². The second-order valence-corrected chi connectivity index (χ2v) is 11.3. The first-order chi connectivity index (χ1) is 7.98. The Labute approximate surface area is 113 Å². The molecule has 0 aliphatic rings. The van der Waals surface area contributed by atoms with Gasteiger partial charge >= 0.3 is 0 Å². The van der Waals surface area contributed by atoms with Gasteiger partial charge in [-0.05, 0) is 23.3 Å². The summed E-state index contributed by atoms with van der Waals surface area (Å²) in [6.07, 6.45) is 0. The van der Waals surface area contributed by atoms with Crippen molar-refractivity contribution in [3.63, 3.8) is 0 Å². The first kappa shape index (κ1) is 12.6. The molecule has 0 aliphatic heterocycles. The number of halogens is 1. The Morgan fingerprint density at radius 2 is 1.41 bits per heavy atom. The summed E-state index contributed by atoms with van der Waals surface area (Å²) in [6, 6.07) is 17.4. The van der Waals surface area contributed by atoms with Crippen LogP contribution in [0.15, 0.2) is 53.0 Å². The summed E-state index contributed by atoms with van der Waals surface area (Å²) in [4.78, 5) is 0. The molecular formula is C15H17BrSi. The van der Waals surface area contributed by atoms with E-state index in [1.807, 2.05) is 0 Å². The zero-order chi connectivity index (χ0) is 12.5. The molecule has 0 aromatic heterocycles. The quantitative estimate of drug-likeness (QED) is 0.708. The zero-order valence-electron chi connectivity index (χ0n) is 10.5. The van der Waals surface area contributed by atoms with Crippen molar-refractivity contribution in [2.24, 2.45) is 0 Å². The third-order valence-electron chi connectivity index (χ3n) is 2.89. The molecule has 0 aliphatic carbocycles. The third kappa shape index (κ3) is 2.88. The van der Waals surface area contributed by atoms with Crippen molar-refractivity contribution in [2.45, 2.75) is 19.6 Å². The predicted octanol–water partition coefficient (Wildman–Crippen LogP) is 4.66. The average Bonchev–Trinajstić information content (AvgIpc) is 2.29. The number of benzene rings is 2. The highest BCUT2D eigenvalue weighted by molar-refractivity contribution is 9.10. The summed E-state index contributed by atoms with van der Waals surface area (Å²) in [5.74, 6) is 0. The summed E-state index contributed by atoms with van der Waals surface area (Å²) >= 11 is 3.48. The van der Waals surface area contributed by atoms with E-state index in [0.717, 1.165) is 4.47 Å². The maximum absolute atomic E-state index is 3.48. The van der Waals surface area contributed by atoms with E-state index in [1.165, 1.54) is 16.3 Å². The molecule has 17 heavy (non-hydrogen) atoms. The van der Waals surface area contributed by atoms with E-state index in [0.29, 0.717) is 0 Å². The Kier molecular flexibility index (Phi) is 3.55. The van der Waals surface area contributed by atoms with Gasteiger partial charge in [0.25, 0.3) is 0 Å². The summed E-state index contributed by atoms with van der Waals surface area (Å²) < 4.78 is 1.13. The molecule has 88 valence electrons. The molecule has 0 heterocycles. The van der Waals surface area contributed by atoms with Crippen molar-refractivity contribution in [1.82, 2.24) is 0 Å². The van der Waals surface area contributed by atoms with Crippen LogP contribution in [0.3, 0.4) is 0 Å². The fourth-order valence-electron chi connectivity index (χ4n) is 2.02. The van der Waals surface area contributed by atoms with Gasteiger partial charge in [0.05, 0.1) is 8.07 Å². The molecule has 0 N–H and O–H groups in total. The maximum Gasteiger partial charge on any atom is 0.0784 e. The SMILES string of the molecule is C[Si](C)(C)c1ccccc1-c1ccc(Br)cc1. The minimum atomic E-state index is -1.29. The Hall–Kier alpha value is -0.863. The van der Waals surface area contributed by atoms with Gasteiger partial charge in [-0.15, -0.1) is 0 Å². The van der Waals surface area contributed by atoms with E-state index >= 15 is 0 Å². The Morgan fingerprint density at radius 3 is 2.00 bits per heavy atom. The van der Waals surface area contributed by atoms with Gasteiger partial charge < -0.3 is 0 Å². The second-order valence-electron chi connectivity index (χ2n) is 5.30. The standard InChI is InChI=1S/C15H17BrSi/c1-17(2,3)15-7-5-4-6-14(15)12-8-10-13(16)11-9-12/h4-11H,1-3H3. The highest BCUT2D eigenvalue weighted by atomic mass is 79.9. The Morgan fingerprint density at radius 1 is 0.824 bits per heavy atom. The van der Waals surface area contributed by atoms with Crippen LogP contribution in [0.25, 0.3) is 11.1 Å². The lowest BCUT2D eigenvalue weighted by molar-refractivity contribution is 1.59. The summed E-state index contributed by atoms with van der Waals surface area (Å²) in [5, 5.41) is 1.53. The van der Waals surface area contributed by atoms with Crippen LogP contribution in [0, 0.1) is 0 Å². The number of rotatable bonds is 2. The van der Waals surface area contributed by atoms with Crippen LogP contribution in [-0.4, -0.2) is 8.07 Å². The second kappa shape index (κ2) is 4.79. The van der Waals surface area contributed by atoms with Crippen molar-refractivity contribution in [1.29, 1.82) is 0 Å². The van der Waals surface area contributed by atoms with Gasteiger partial charge in [-0.1, -0.05) is 77.2 Å². The largest absolute Gasteiger partial charge is 0.0784 e. The van der Waals surface area contributed by atoms with Crippen LogP contribution in [0.5, 0.6) is 0 Å². The highest BCUT2D eigenvalue weighted by Gasteiger charge is 2.20. The molecule has 0 unspecified atom stereocenters. The molecule has 0 radical (unpaired) electrons. The number of hydrogen-bond acceptors (Lipinski definition) is 0. The lowest BCUT2D eigenvalue weighted by Crippen LogP contribution is -2.38. The Bertz CT molecular complexity index is 509. The van der Waals surface area contributed by atoms with Crippen LogP contribution >= 0.6 is 15.9 Å². The molecule has 0 spiro atoms.